The molecule has 0 unspecified atom stereocenters. The number of carbonyl (C=O) groups is 1. The molecule has 0 spiro atoms. The van der Waals surface area contributed by atoms with Crippen LogP contribution < -0.4 is 19.5 Å². The second kappa shape index (κ2) is 7.32. The van der Waals surface area contributed by atoms with Gasteiger partial charge in [0.05, 0.1) is 21.3 Å². The summed E-state index contributed by atoms with van der Waals surface area (Å²) in [6.45, 7) is 6.78. The van der Waals surface area contributed by atoms with E-state index in [4.69, 9.17) is 14.2 Å². The number of hydrogen-bond donors (Lipinski definition) is 1. The maximum absolute atomic E-state index is 12.7. The van der Waals surface area contributed by atoms with Gasteiger partial charge in [0, 0.05) is 11.6 Å². The van der Waals surface area contributed by atoms with Gasteiger partial charge >= 0.3 is 0 Å². The minimum absolute atomic E-state index is 0.107. The molecular formula is C19H29NO4. The van der Waals surface area contributed by atoms with Crippen molar-refractivity contribution in [3.05, 3.63) is 17.7 Å². The molecule has 0 bridgehead atoms. The van der Waals surface area contributed by atoms with Crippen LogP contribution in [-0.2, 0) is 0 Å². The predicted molar refractivity (Wildman–Crippen MR) is 94.1 cm³/mol. The second-order valence-corrected chi connectivity index (χ2v) is 7.50. The first kappa shape index (κ1) is 18.4. The Morgan fingerprint density at radius 1 is 1.08 bits per heavy atom. The smallest absolute Gasteiger partial charge is 0.251 e. The third-order valence-electron chi connectivity index (χ3n) is 4.65. The monoisotopic (exact) mass is 335 g/mol. The highest BCUT2D eigenvalue weighted by atomic mass is 16.5. The summed E-state index contributed by atoms with van der Waals surface area (Å²) >= 11 is 0. The van der Waals surface area contributed by atoms with Crippen molar-refractivity contribution in [2.75, 3.05) is 21.3 Å². The van der Waals surface area contributed by atoms with E-state index < -0.39 is 0 Å². The van der Waals surface area contributed by atoms with Gasteiger partial charge in [0.1, 0.15) is 0 Å². The van der Waals surface area contributed by atoms with E-state index in [9.17, 15) is 4.79 Å². The molecule has 0 heterocycles. The zero-order valence-electron chi connectivity index (χ0n) is 15.6. The lowest BCUT2D eigenvalue weighted by molar-refractivity contribution is 0.0873. The average molecular weight is 335 g/mol. The van der Waals surface area contributed by atoms with Crippen molar-refractivity contribution < 1.29 is 19.0 Å². The van der Waals surface area contributed by atoms with E-state index in [0.717, 1.165) is 12.8 Å². The van der Waals surface area contributed by atoms with Gasteiger partial charge in [-0.15, -0.1) is 0 Å². The highest BCUT2D eigenvalue weighted by Crippen LogP contribution is 2.40. The zero-order valence-corrected chi connectivity index (χ0v) is 15.6. The topological polar surface area (TPSA) is 56.8 Å². The van der Waals surface area contributed by atoms with E-state index in [-0.39, 0.29) is 17.4 Å². The van der Waals surface area contributed by atoms with Crippen molar-refractivity contribution in [1.82, 2.24) is 5.32 Å². The van der Waals surface area contributed by atoms with E-state index in [1.54, 1.807) is 33.5 Å². The molecule has 0 radical (unpaired) electrons. The summed E-state index contributed by atoms with van der Waals surface area (Å²) in [5.74, 6) is 1.96. The lowest BCUT2D eigenvalue weighted by Gasteiger charge is -2.39. The molecule has 0 saturated heterocycles. The number of hydrogen-bond acceptors (Lipinski definition) is 4. The highest BCUT2D eigenvalue weighted by molar-refractivity contribution is 5.95. The van der Waals surface area contributed by atoms with Crippen LogP contribution >= 0.6 is 0 Å². The first-order valence-electron chi connectivity index (χ1n) is 8.40. The van der Waals surface area contributed by atoms with Gasteiger partial charge in [-0.25, -0.2) is 0 Å². The number of amides is 1. The van der Waals surface area contributed by atoms with Crippen molar-refractivity contribution in [2.45, 2.75) is 46.1 Å². The SMILES string of the molecule is COc1cc(C(=O)N[C@@H]2C[C@H](C)CC(C)(C)C2)cc(OC)c1OC. The van der Waals surface area contributed by atoms with E-state index >= 15 is 0 Å². The van der Waals surface area contributed by atoms with Crippen LogP contribution in [0.2, 0.25) is 0 Å². The molecule has 1 aliphatic carbocycles. The molecule has 24 heavy (non-hydrogen) atoms. The zero-order chi connectivity index (χ0) is 17.9. The van der Waals surface area contributed by atoms with Gasteiger partial charge in [-0.1, -0.05) is 20.8 Å². The Hall–Kier alpha value is -1.91. The Morgan fingerprint density at radius 2 is 1.67 bits per heavy atom. The molecule has 2 atom stereocenters. The first-order valence-corrected chi connectivity index (χ1v) is 8.40. The summed E-state index contributed by atoms with van der Waals surface area (Å²) < 4.78 is 16.0. The maximum atomic E-state index is 12.7. The Balaban J connectivity index is 2.20. The summed E-state index contributed by atoms with van der Waals surface area (Å²) in [5, 5.41) is 3.17. The molecule has 0 aromatic heterocycles. The van der Waals surface area contributed by atoms with Gasteiger partial charge < -0.3 is 19.5 Å². The molecule has 134 valence electrons. The number of nitrogens with one attached hydrogen (secondary N) is 1. The lowest BCUT2D eigenvalue weighted by Crippen LogP contribution is -2.43. The summed E-state index contributed by atoms with van der Waals surface area (Å²) in [6.07, 6.45) is 3.21. The predicted octanol–water partition coefficient (Wildman–Crippen LogP) is 3.66. The minimum atomic E-state index is -0.107. The molecule has 1 aliphatic rings. The quantitative estimate of drug-likeness (QED) is 0.892. The van der Waals surface area contributed by atoms with Gasteiger partial charge in [-0.05, 0) is 42.7 Å². The van der Waals surface area contributed by atoms with E-state index in [1.165, 1.54) is 6.42 Å². The molecule has 1 aromatic carbocycles. The molecule has 1 fully saturated rings. The third kappa shape index (κ3) is 4.13. The van der Waals surface area contributed by atoms with E-state index in [1.807, 2.05) is 0 Å². The third-order valence-corrected chi connectivity index (χ3v) is 4.65. The maximum Gasteiger partial charge on any atom is 0.251 e. The Bertz CT molecular complexity index is 572. The number of rotatable bonds is 5. The number of ether oxygens (including phenoxy) is 3. The van der Waals surface area contributed by atoms with Crippen LogP contribution in [0.15, 0.2) is 12.1 Å². The second-order valence-electron chi connectivity index (χ2n) is 7.50. The Kier molecular flexibility index (Phi) is 5.62. The van der Waals surface area contributed by atoms with Crippen molar-refractivity contribution in [3.63, 3.8) is 0 Å². The van der Waals surface area contributed by atoms with Crippen molar-refractivity contribution in [2.24, 2.45) is 11.3 Å². The average Bonchev–Trinajstić information content (AvgIpc) is 2.51. The molecule has 5 nitrogen and oxygen atoms in total. The van der Waals surface area contributed by atoms with Crippen LogP contribution in [-0.4, -0.2) is 33.3 Å². The van der Waals surface area contributed by atoms with Crippen LogP contribution in [0.4, 0.5) is 0 Å². The summed E-state index contributed by atoms with van der Waals surface area (Å²) in [4.78, 5) is 12.7. The van der Waals surface area contributed by atoms with Crippen LogP contribution in [0.1, 0.15) is 50.4 Å². The van der Waals surface area contributed by atoms with Crippen LogP contribution in [0.3, 0.4) is 0 Å². The van der Waals surface area contributed by atoms with E-state index in [2.05, 4.69) is 26.1 Å². The van der Waals surface area contributed by atoms with Crippen molar-refractivity contribution >= 4 is 5.91 Å². The molecule has 1 aromatic rings. The Morgan fingerprint density at radius 3 is 2.12 bits per heavy atom. The van der Waals surface area contributed by atoms with Crippen molar-refractivity contribution in [3.8, 4) is 17.2 Å². The fourth-order valence-electron chi connectivity index (χ4n) is 3.94. The molecule has 1 amide bonds. The van der Waals surface area contributed by atoms with Crippen LogP contribution in [0.5, 0.6) is 17.2 Å². The van der Waals surface area contributed by atoms with Crippen LogP contribution in [0.25, 0.3) is 0 Å². The molecular weight excluding hydrogens is 306 g/mol. The molecule has 2 rings (SSSR count). The fourth-order valence-corrected chi connectivity index (χ4v) is 3.94. The van der Waals surface area contributed by atoms with Crippen LogP contribution in [0, 0.1) is 11.3 Å². The Labute approximate surface area is 144 Å². The molecule has 1 saturated carbocycles. The standard InChI is InChI=1S/C19H29NO4/c1-12-7-14(11-19(2,3)10-12)20-18(21)13-8-15(22-4)17(24-6)16(9-13)23-5/h8-9,12,14H,7,10-11H2,1-6H3,(H,20,21)/t12-,14+/m0/s1. The number of carbonyl (C=O) groups excluding carboxylic acids is 1. The van der Waals surface area contributed by atoms with Gasteiger partial charge in [-0.3, -0.25) is 4.79 Å². The summed E-state index contributed by atoms with van der Waals surface area (Å²) in [5.41, 5.74) is 0.769. The first-order chi connectivity index (χ1) is 11.3. The minimum Gasteiger partial charge on any atom is -0.493 e. The van der Waals surface area contributed by atoms with Gasteiger partial charge in [0.2, 0.25) is 5.75 Å². The molecule has 5 heteroatoms. The number of methoxy groups -OCH3 is 3. The van der Waals surface area contributed by atoms with Gasteiger partial charge in [0.25, 0.3) is 5.91 Å². The summed E-state index contributed by atoms with van der Waals surface area (Å²) in [7, 11) is 4.64. The van der Waals surface area contributed by atoms with Crippen molar-refractivity contribution in [1.29, 1.82) is 0 Å². The molecule has 1 N–H and O–H groups in total. The largest absolute Gasteiger partial charge is 0.493 e. The fraction of sp³-hybridized carbons (Fsp3) is 0.632. The normalized spacial score (nSPS) is 22.6. The van der Waals surface area contributed by atoms with E-state index in [0.29, 0.717) is 28.7 Å². The summed E-state index contributed by atoms with van der Waals surface area (Å²) in [6, 6.07) is 3.57. The lowest BCUT2D eigenvalue weighted by atomic mass is 9.70. The number of benzene rings is 1. The molecule has 0 aliphatic heterocycles. The van der Waals surface area contributed by atoms with Gasteiger partial charge in [0.15, 0.2) is 11.5 Å². The van der Waals surface area contributed by atoms with Gasteiger partial charge in [-0.2, -0.15) is 0 Å². The highest BCUT2D eigenvalue weighted by Gasteiger charge is 2.33.